The highest BCUT2D eigenvalue weighted by atomic mass is 16.3. The summed E-state index contributed by atoms with van der Waals surface area (Å²) in [6.45, 7) is 2.08. The van der Waals surface area contributed by atoms with Gasteiger partial charge >= 0.3 is 0 Å². The molecule has 0 saturated heterocycles. The van der Waals surface area contributed by atoms with E-state index >= 15 is 0 Å². The Morgan fingerprint density at radius 2 is 1.35 bits per heavy atom. The van der Waals surface area contributed by atoms with Crippen LogP contribution in [0.3, 0.4) is 0 Å². The summed E-state index contributed by atoms with van der Waals surface area (Å²) < 4.78 is 0. The number of aromatic hydroxyl groups is 1. The lowest BCUT2D eigenvalue weighted by atomic mass is 9.79. The van der Waals surface area contributed by atoms with Crippen LogP contribution >= 0.6 is 0 Å². The lowest BCUT2D eigenvalue weighted by molar-refractivity contribution is 0.409. The van der Waals surface area contributed by atoms with E-state index in [1.54, 1.807) is 0 Å². The van der Waals surface area contributed by atoms with Gasteiger partial charge in [0, 0.05) is 0 Å². The van der Waals surface area contributed by atoms with E-state index in [0.717, 1.165) is 11.5 Å². The van der Waals surface area contributed by atoms with Crippen LogP contribution in [-0.4, -0.2) is 5.11 Å². The first-order chi connectivity index (χ1) is 9.75. The Morgan fingerprint density at radius 3 is 1.95 bits per heavy atom. The Bertz CT molecular complexity index is 451. The summed E-state index contributed by atoms with van der Waals surface area (Å²) in [4.78, 5) is 0. The van der Waals surface area contributed by atoms with Crippen LogP contribution in [0.5, 0.6) is 5.75 Å². The van der Waals surface area contributed by atoms with Crippen LogP contribution in [0.15, 0.2) is 12.1 Å². The summed E-state index contributed by atoms with van der Waals surface area (Å²) >= 11 is 0. The molecule has 2 aliphatic carbocycles. The summed E-state index contributed by atoms with van der Waals surface area (Å²) in [5.41, 5.74) is 3.85. The van der Waals surface area contributed by atoms with E-state index in [-0.39, 0.29) is 0 Å². The largest absolute Gasteiger partial charge is 0.507 e. The van der Waals surface area contributed by atoms with E-state index in [4.69, 9.17) is 0 Å². The first kappa shape index (κ1) is 14.0. The maximum Gasteiger partial charge on any atom is 0.121 e. The number of aryl methyl sites for hydroxylation is 1. The highest BCUT2D eigenvalue weighted by molar-refractivity contribution is 5.46. The smallest absolute Gasteiger partial charge is 0.121 e. The van der Waals surface area contributed by atoms with Gasteiger partial charge in [-0.3, -0.25) is 0 Å². The average Bonchev–Trinajstić information content (AvgIpc) is 2.51. The summed E-state index contributed by atoms with van der Waals surface area (Å²) in [6, 6.07) is 4.60. The molecule has 3 rings (SSSR count). The van der Waals surface area contributed by atoms with Gasteiger partial charge in [-0.2, -0.15) is 0 Å². The van der Waals surface area contributed by atoms with Gasteiger partial charge in [0.1, 0.15) is 5.75 Å². The van der Waals surface area contributed by atoms with Crippen molar-refractivity contribution in [2.24, 2.45) is 0 Å². The van der Waals surface area contributed by atoms with Crippen molar-refractivity contribution in [3.8, 4) is 5.75 Å². The average molecular weight is 272 g/mol. The lowest BCUT2D eigenvalue weighted by Crippen LogP contribution is -2.09. The summed E-state index contributed by atoms with van der Waals surface area (Å²) in [5, 5.41) is 10.5. The van der Waals surface area contributed by atoms with Crippen LogP contribution in [0.2, 0.25) is 0 Å². The van der Waals surface area contributed by atoms with Crippen LogP contribution in [0, 0.1) is 6.92 Å². The van der Waals surface area contributed by atoms with E-state index in [1.165, 1.54) is 75.3 Å². The van der Waals surface area contributed by atoms with Crippen molar-refractivity contribution < 1.29 is 5.11 Å². The molecule has 0 heterocycles. The number of rotatable bonds is 2. The summed E-state index contributed by atoms with van der Waals surface area (Å²) in [5.74, 6) is 1.92. The topological polar surface area (TPSA) is 20.2 Å². The minimum atomic E-state index is 0.580. The molecule has 2 aliphatic rings. The Balaban J connectivity index is 1.89. The molecule has 2 saturated carbocycles. The number of hydrogen-bond acceptors (Lipinski definition) is 1. The molecule has 1 N–H and O–H groups in total. The third-order valence-electron chi connectivity index (χ3n) is 5.47. The first-order valence-electron chi connectivity index (χ1n) is 8.59. The van der Waals surface area contributed by atoms with Gasteiger partial charge in [0.25, 0.3) is 0 Å². The quantitative estimate of drug-likeness (QED) is 0.721. The van der Waals surface area contributed by atoms with Gasteiger partial charge < -0.3 is 5.11 Å². The normalized spacial score (nSPS) is 22.1. The number of hydrogen-bond donors (Lipinski definition) is 1. The van der Waals surface area contributed by atoms with Crippen molar-refractivity contribution in [3.63, 3.8) is 0 Å². The van der Waals surface area contributed by atoms with Crippen LogP contribution in [0.1, 0.15) is 92.7 Å². The molecule has 0 radical (unpaired) electrons. The van der Waals surface area contributed by atoms with Crippen LogP contribution in [0.4, 0.5) is 0 Å². The zero-order valence-corrected chi connectivity index (χ0v) is 12.8. The fourth-order valence-corrected chi connectivity index (χ4v) is 4.23. The van der Waals surface area contributed by atoms with Crippen molar-refractivity contribution in [2.75, 3.05) is 0 Å². The van der Waals surface area contributed by atoms with Crippen LogP contribution < -0.4 is 0 Å². The van der Waals surface area contributed by atoms with E-state index in [2.05, 4.69) is 19.1 Å². The minimum Gasteiger partial charge on any atom is -0.507 e. The van der Waals surface area contributed by atoms with Gasteiger partial charge in [-0.15, -0.1) is 0 Å². The molecular formula is C19H28O. The maximum absolute atomic E-state index is 10.5. The number of benzene rings is 1. The molecule has 0 atom stereocenters. The number of phenolic OH excluding ortho intramolecular Hbond substituents is 1. The highest BCUT2D eigenvalue weighted by Gasteiger charge is 2.23. The molecule has 1 nitrogen and oxygen atoms in total. The third kappa shape index (κ3) is 2.87. The molecule has 1 aromatic carbocycles. The predicted octanol–water partition coefficient (Wildman–Crippen LogP) is 5.80. The van der Waals surface area contributed by atoms with Gasteiger partial charge in [0.05, 0.1) is 0 Å². The van der Waals surface area contributed by atoms with E-state index in [9.17, 15) is 5.11 Å². The van der Waals surface area contributed by atoms with Gasteiger partial charge in [-0.1, -0.05) is 50.7 Å². The second-order valence-corrected chi connectivity index (χ2v) is 6.95. The number of phenols is 1. The minimum absolute atomic E-state index is 0.580. The molecule has 2 fully saturated rings. The fourth-order valence-electron chi connectivity index (χ4n) is 4.23. The molecule has 110 valence electrons. The summed E-state index contributed by atoms with van der Waals surface area (Å²) in [6.07, 6.45) is 13.4. The molecule has 0 bridgehead atoms. The zero-order valence-electron chi connectivity index (χ0n) is 12.8. The molecule has 0 amide bonds. The maximum atomic E-state index is 10.5. The van der Waals surface area contributed by atoms with Gasteiger partial charge in [-0.25, -0.2) is 0 Å². The second-order valence-electron chi connectivity index (χ2n) is 6.95. The monoisotopic (exact) mass is 272 g/mol. The van der Waals surface area contributed by atoms with E-state index in [1.807, 2.05) is 0 Å². The third-order valence-corrected chi connectivity index (χ3v) is 5.47. The Hall–Kier alpha value is -0.980. The van der Waals surface area contributed by atoms with Crippen LogP contribution in [0.25, 0.3) is 0 Å². The van der Waals surface area contributed by atoms with Crippen molar-refractivity contribution in [1.29, 1.82) is 0 Å². The van der Waals surface area contributed by atoms with Crippen LogP contribution in [-0.2, 0) is 0 Å². The fraction of sp³-hybridized carbons (Fsp3) is 0.684. The Labute approximate surface area is 123 Å². The zero-order chi connectivity index (χ0) is 13.9. The molecular weight excluding hydrogens is 244 g/mol. The predicted molar refractivity (Wildman–Crippen MR) is 84.5 cm³/mol. The van der Waals surface area contributed by atoms with E-state index < -0.39 is 0 Å². The molecule has 0 aliphatic heterocycles. The summed E-state index contributed by atoms with van der Waals surface area (Å²) in [7, 11) is 0. The molecule has 1 heteroatoms. The van der Waals surface area contributed by atoms with Gasteiger partial charge in [0.15, 0.2) is 0 Å². The molecule has 0 aromatic heterocycles. The van der Waals surface area contributed by atoms with E-state index in [0.29, 0.717) is 11.7 Å². The second kappa shape index (κ2) is 6.20. The molecule has 1 aromatic rings. The van der Waals surface area contributed by atoms with Crippen molar-refractivity contribution >= 4 is 0 Å². The van der Waals surface area contributed by atoms with Crippen molar-refractivity contribution in [3.05, 3.63) is 28.8 Å². The van der Waals surface area contributed by atoms with Crippen molar-refractivity contribution in [2.45, 2.75) is 83.0 Å². The first-order valence-corrected chi connectivity index (χ1v) is 8.59. The lowest BCUT2D eigenvalue weighted by Gasteiger charge is -2.27. The van der Waals surface area contributed by atoms with Gasteiger partial charge in [-0.05, 0) is 61.1 Å². The molecule has 20 heavy (non-hydrogen) atoms. The SMILES string of the molecule is Cc1cc(C2CCCCC2)cc(C2CCCCC2)c1O. The van der Waals surface area contributed by atoms with Crippen molar-refractivity contribution in [1.82, 2.24) is 0 Å². The molecule has 0 unspecified atom stereocenters. The highest BCUT2D eigenvalue weighted by Crippen LogP contribution is 2.42. The standard InChI is InChI=1S/C19H28O/c1-14-12-17(15-8-4-2-5-9-15)13-18(19(14)20)16-10-6-3-7-11-16/h12-13,15-16,20H,2-11H2,1H3. The van der Waals surface area contributed by atoms with Gasteiger partial charge in [0.2, 0.25) is 0 Å². The molecule has 0 spiro atoms. The Morgan fingerprint density at radius 1 is 0.800 bits per heavy atom. The Kier molecular flexibility index (Phi) is 4.33.